The van der Waals surface area contributed by atoms with Crippen LogP contribution in [-0.2, 0) is 9.59 Å². The van der Waals surface area contributed by atoms with Crippen LogP contribution in [0.5, 0.6) is 5.75 Å². The van der Waals surface area contributed by atoms with Crippen LogP contribution in [0.1, 0.15) is 24.9 Å². The lowest BCUT2D eigenvalue weighted by Gasteiger charge is -2.18. The normalized spacial score (nSPS) is 11.5. The molecule has 2 amide bonds. The summed E-state index contributed by atoms with van der Waals surface area (Å²) in [6.07, 6.45) is 3.67. The van der Waals surface area contributed by atoms with E-state index in [1.54, 1.807) is 30.1 Å². The van der Waals surface area contributed by atoms with E-state index in [-0.39, 0.29) is 18.2 Å². The average molecular weight is 378 g/mol. The SMILES string of the molecule is COc1ccc(C(CC(=O)Nc2ccc(-n3cccn3)cc2)NC(C)=O)cc1. The van der Waals surface area contributed by atoms with Crippen LogP contribution >= 0.6 is 0 Å². The summed E-state index contributed by atoms with van der Waals surface area (Å²) in [6.45, 7) is 1.43. The van der Waals surface area contributed by atoms with Crippen molar-refractivity contribution in [2.45, 2.75) is 19.4 Å². The second kappa shape index (κ2) is 8.85. The van der Waals surface area contributed by atoms with E-state index in [1.165, 1.54) is 6.92 Å². The molecule has 0 fully saturated rings. The maximum atomic E-state index is 12.5. The molecule has 0 saturated carbocycles. The van der Waals surface area contributed by atoms with Gasteiger partial charge < -0.3 is 15.4 Å². The number of ether oxygens (including phenoxy) is 1. The minimum Gasteiger partial charge on any atom is -0.497 e. The van der Waals surface area contributed by atoms with Crippen LogP contribution in [0.15, 0.2) is 67.0 Å². The fourth-order valence-corrected chi connectivity index (χ4v) is 2.85. The number of nitrogens with zero attached hydrogens (tertiary/aromatic N) is 2. The number of nitrogens with one attached hydrogen (secondary N) is 2. The number of aromatic nitrogens is 2. The molecule has 3 aromatic rings. The van der Waals surface area contributed by atoms with Gasteiger partial charge in [-0.15, -0.1) is 0 Å². The Hall–Kier alpha value is -3.61. The Balaban J connectivity index is 1.66. The molecule has 0 bridgehead atoms. The van der Waals surface area contributed by atoms with Crippen LogP contribution < -0.4 is 15.4 Å². The number of hydrogen-bond donors (Lipinski definition) is 2. The van der Waals surface area contributed by atoms with Crippen molar-refractivity contribution in [2.24, 2.45) is 0 Å². The van der Waals surface area contributed by atoms with Crippen molar-refractivity contribution in [1.29, 1.82) is 0 Å². The fourth-order valence-electron chi connectivity index (χ4n) is 2.85. The van der Waals surface area contributed by atoms with E-state index in [1.807, 2.05) is 48.7 Å². The number of anilines is 1. The summed E-state index contributed by atoms with van der Waals surface area (Å²) in [7, 11) is 1.59. The first-order chi connectivity index (χ1) is 13.5. The molecule has 1 aromatic heterocycles. The molecule has 0 saturated heterocycles. The lowest BCUT2D eigenvalue weighted by molar-refractivity contribution is -0.120. The number of hydrogen-bond acceptors (Lipinski definition) is 4. The monoisotopic (exact) mass is 378 g/mol. The second-order valence-corrected chi connectivity index (χ2v) is 6.28. The van der Waals surface area contributed by atoms with Gasteiger partial charge in [0.15, 0.2) is 0 Å². The molecular weight excluding hydrogens is 356 g/mol. The van der Waals surface area contributed by atoms with Crippen LogP contribution in [0.4, 0.5) is 5.69 Å². The molecule has 28 heavy (non-hydrogen) atoms. The maximum absolute atomic E-state index is 12.5. The third-order valence-corrected chi connectivity index (χ3v) is 4.21. The van der Waals surface area contributed by atoms with Gasteiger partial charge in [-0.05, 0) is 48.0 Å². The van der Waals surface area contributed by atoms with E-state index >= 15 is 0 Å². The number of amides is 2. The molecule has 1 unspecified atom stereocenters. The average Bonchev–Trinajstić information content (AvgIpc) is 3.22. The molecule has 0 aliphatic carbocycles. The zero-order valence-corrected chi connectivity index (χ0v) is 15.8. The first-order valence-electron chi connectivity index (χ1n) is 8.86. The lowest BCUT2D eigenvalue weighted by Crippen LogP contribution is -2.29. The van der Waals surface area contributed by atoms with Crippen molar-refractivity contribution in [3.8, 4) is 11.4 Å². The van der Waals surface area contributed by atoms with Gasteiger partial charge in [0.25, 0.3) is 0 Å². The van der Waals surface area contributed by atoms with Gasteiger partial charge in [0.1, 0.15) is 5.75 Å². The second-order valence-electron chi connectivity index (χ2n) is 6.28. The van der Waals surface area contributed by atoms with Gasteiger partial charge in [-0.3, -0.25) is 9.59 Å². The van der Waals surface area contributed by atoms with Gasteiger partial charge in [-0.25, -0.2) is 4.68 Å². The van der Waals surface area contributed by atoms with E-state index in [2.05, 4.69) is 15.7 Å². The van der Waals surface area contributed by atoms with Crippen molar-refractivity contribution in [3.63, 3.8) is 0 Å². The Kier molecular flexibility index (Phi) is 6.06. The number of carbonyl (C=O) groups excluding carboxylic acids is 2. The zero-order valence-electron chi connectivity index (χ0n) is 15.8. The van der Waals surface area contributed by atoms with Gasteiger partial charge >= 0.3 is 0 Å². The number of carbonyl (C=O) groups is 2. The predicted octanol–water partition coefficient (Wildman–Crippen LogP) is 3.09. The number of benzene rings is 2. The van der Waals surface area contributed by atoms with Crippen molar-refractivity contribution in [2.75, 3.05) is 12.4 Å². The third-order valence-electron chi connectivity index (χ3n) is 4.21. The van der Waals surface area contributed by atoms with Crippen molar-refractivity contribution in [1.82, 2.24) is 15.1 Å². The highest BCUT2D eigenvalue weighted by atomic mass is 16.5. The topological polar surface area (TPSA) is 85.2 Å². The zero-order chi connectivity index (χ0) is 19.9. The summed E-state index contributed by atoms with van der Waals surface area (Å²) in [6, 6.07) is 16.1. The summed E-state index contributed by atoms with van der Waals surface area (Å²) in [5.74, 6) is 0.325. The first-order valence-corrected chi connectivity index (χ1v) is 8.86. The van der Waals surface area contributed by atoms with Crippen molar-refractivity contribution < 1.29 is 14.3 Å². The Labute approximate surface area is 163 Å². The standard InChI is InChI=1S/C21H22N4O3/c1-15(26)23-20(16-4-10-19(28-2)11-5-16)14-21(27)24-17-6-8-18(9-7-17)25-13-3-12-22-25/h3-13,20H,14H2,1-2H3,(H,23,26)(H,24,27). The number of methoxy groups -OCH3 is 1. The minimum atomic E-state index is -0.424. The highest BCUT2D eigenvalue weighted by Crippen LogP contribution is 2.21. The van der Waals surface area contributed by atoms with E-state index < -0.39 is 6.04 Å². The van der Waals surface area contributed by atoms with Crippen LogP contribution in [0, 0.1) is 0 Å². The van der Waals surface area contributed by atoms with Gasteiger partial charge in [-0.1, -0.05) is 12.1 Å². The summed E-state index contributed by atoms with van der Waals surface area (Å²) in [5.41, 5.74) is 2.41. The molecule has 0 aliphatic heterocycles. The highest BCUT2D eigenvalue weighted by molar-refractivity contribution is 5.91. The summed E-state index contributed by atoms with van der Waals surface area (Å²) < 4.78 is 6.89. The van der Waals surface area contributed by atoms with Crippen LogP contribution in [0.2, 0.25) is 0 Å². The molecule has 144 valence electrons. The Morgan fingerprint density at radius 1 is 1.11 bits per heavy atom. The quantitative estimate of drug-likeness (QED) is 0.662. The Morgan fingerprint density at radius 3 is 2.39 bits per heavy atom. The molecule has 1 heterocycles. The Bertz CT molecular complexity index is 919. The molecule has 2 aromatic carbocycles. The van der Waals surface area contributed by atoms with E-state index in [0.717, 1.165) is 11.3 Å². The van der Waals surface area contributed by atoms with Crippen LogP contribution in [-0.4, -0.2) is 28.7 Å². The van der Waals surface area contributed by atoms with E-state index in [4.69, 9.17) is 4.74 Å². The van der Waals surface area contributed by atoms with Crippen molar-refractivity contribution in [3.05, 3.63) is 72.6 Å². The molecule has 7 nitrogen and oxygen atoms in total. The number of rotatable bonds is 7. The minimum absolute atomic E-state index is 0.118. The molecule has 0 spiro atoms. The molecular formula is C21H22N4O3. The van der Waals surface area contributed by atoms with Gasteiger partial charge in [-0.2, -0.15) is 5.10 Å². The largest absolute Gasteiger partial charge is 0.497 e. The molecule has 1 atom stereocenters. The summed E-state index contributed by atoms with van der Waals surface area (Å²) in [4.78, 5) is 24.1. The smallest absolute Gasteiger partial charge is 0.226 e. The molecule has 2 N–H and O–H groups in total. The highest BCUT2D eigenvalue weighted by Gasteiger charge is 2.17. The Morgan fingerprint density at radius 2 is 1.82 bits per heavy atom. The summed E-state index contributed by atoms with van der Waals surface area (Å²) >= 11 is 0. The molecule has 3 rings (SSSR count). The van der Waals surface area contributed by atoms with Crippen LogP contribution in [0.25, 0.3) is 5.69 Å². The van der Waals surface area contributed by atoms with E-state index in [9.17, 15) is 9.59 Å². The van der Waals surface area contributed by atoms with Gasteiger partial charge in [0.2, 0.25) is 11.8 Å². The summed E-state index contributed by atoms with van der Waals surface area (Å²) in [5, 5.41) is 9.86. The van der Waals surface area contributed by atoms with Gasteiger partial charge in [0.05, 0.1) is 25.3 Å². The van der Waals surface area contributed by atoms with E-state index in [0.29, 0.717) is 11.4 Å². The molecule has 0 aliphatic rings. The van der Waals surface area contributed by atoms with Crippen molar-refractivity contribution >= 4 is 17.5 Å². The lowest BCUT2D eigenvalue weighted by atomic mass is 10.0. The maximum Gasteiger partial charge on any atom is 0.226 e. The van der Waals surface area contributed by atoms with Gasteiger partial charge in [0, 0.05) is 25.0 Å². The molecule has 0 radical (unpaired) electrons. The van der Waals surface area contributed by atoms with Crippen LogP contribution in [0.3, 0.4) is 0 Å². The first kappa shape index (κ1) is 19.2. The fraction of sp³-hybridized carbons (Fsp3) is 0.190. The molecule has 7 heteroatoms. The predicted molar refractivity (Wildman–Crippen MR) is 106 cm³/mol. The third kappa shape index (κ3) is 4.97.